The lowest BCUT2D eigenvalue weighted by Gasteiger charge is -2.44. The predicted octanol–water partition coefficient (Wildman–Crippen LogP) is 2.29. The number of ether oxygens (including phenoxy) is 1. The Labute approximate surface area is 169 Å². The maximum Gasteiger partial charge on any atom is 0.323 e. The summed E-state index contributed by atoms with van der Waals surface area (Å²) in [7, 11) is 0. The van der Waals surface area contributed by atoms with Gasteiger partial charge in [0, 0.05) is 5.41 Å². The van der Waals surface area contributed by atoms with E-state index in [1.165, 1.54) is 0 Å². The number of hydrogen-bond donors (Lipinski definition) is 4. The molecule has 1 unspecified atom stereocenters. The van der Waals surface area contributed by atoms with Gasteiger partial charge in [-0.3, -0.25) is 9.59 Å². The minimum atomic E-state index is -0.614. The lowest BCUT2D eigenvalue weighted by Crippen LogP contribution is -2.49. The third kappa shape index (κ3) is 2.78. The van der Waals surface area contributed by atoms with Gasteiger partial charge in [0.05, 0.1) is 36.0 Å². The normalized spacial score (nSPS) is 16.5. The summed E-state index contributed by atoms with van der Waals surface area (Å²) < 4.78 is 11.2. The molecule has 0 radical (unpaired) electrons. The number of H-pyrrole nitrogens is 2. The quantitative estimate of drug-likeness (QED) is 0.360. The number of hydrogen-bond acceptors (Lipinski definition) is 7. The van der Waals surface area contributed by atoms with Crippen LogP contribution in [-0.2, 0) is 4.74 Å². The fourth-order valence-electron chi connectivity index (χ4n) is 3.88. The summed E-state index contributed by atoms with van der Waals surface area (Å²) in [6, 6.07) is 8.59. The maximum atomic E-state index is 12.4. The van der Waals surface area contributed by atoms with E-state index in [0.29, 0.717) is 35.7 Å². The fourth-order valence-corrected chi connectivity index (χ4v) is 3.88. The molecule has 4 aromatic rings. The minimum Gasteiger partial charge on any atom is -0.464 e. The van der Waals surface area contributed by atoms with Crippen molar-refractivity contribution in [3.05, 3.63) is 72.8 Å². The molecule has 2 aromatic heterocycles. The summed E-state index contributed by atoms with van der Waals surface area (Å²) in [5.41, 5.74) is 0.154. The van der Waals surface area contributed by atoms with Crippen molar-refractivity contribution in [2.24, 2.45) is 5.41 Å². The number of aromatic amines is 2. The summed E-state index contributed by atoms with van der Waals surface area (Å²) in [5.74, 6) is 1.43. The lowest BCUT2D eigenvalue weighted by molar-refractivity contribution is -0.115. The Morgan fingerprint density at radius 2 is 1.80 bits per heavy atom. The highest BCUT2D eigenvalue weighted by atomic mass is 16.5. The molecule has 4 N–H and O–H groups in total. The minimum absolute atomic E-state index is 0.159. The van der Waals surface area contributed by atoms with E-state index in [-0.39, 0.29) is 28.5 Å². The molecule has 9 nitrogen and oxygen atoms in total. The van der Waals surface area contributed by atoms with Gasteiger partial charge in [-0.2, -0.15) is 0 Å². The van der Waals surface area contributed by atoms with Crippen molar-refractivity contribution >= 4 is 28.1 Å². The molecule has 1 saturated heterocycles. The van der Waals surface area contributed by atoms with Crippen molar-refractivity contribution in [1.82, 2.24) is 9.97 Å². The Balaban J connectivity index is 1.51. The smallest absolute Gasteiger partial charge is 0.323 e. The fraction of sp³-hybridized carbons (Fsp3) is 0.286. The number of aryl methyl sites for hydroxylation is 1. The first-order valence-electron chi connectivity index (χ1n) is 9.58. The van der Waals surface area contributed by atoms with E-state index in [0.717, 1.165) is 5.76 Å². The molecule has 0 aliphatic carbocycles. The Morgan fingerprint density at radius 3 is 2.47 bits per heavy atom. The van der Waals surface area contributed by atoms with Gasteiger partial charge in [-0.05, 0) is 31.2 Å². The largest absolute Gasteiger partial charge is 0.464 e. The van der Waals surface area contributed by atoms with E-state index in [4.69, 9.17) is 9.15 Å². The van der Waals surface area contributed by atoms with Gasteiger partial charge in [0.25, 0.3) is 10.9 Å². The van der Waals surface area contributed by atoms with Crippen LogP contribution < -0.4 is 27.2 Å². The molecule has 2 aromatic carbocycles. The number of benzene rings is 1. The van der Waals surface area contributed by atoms with E-state index in [2.05, 4.69) is 20.6 Å². The van der Waals surface area contributed by atoms with Crippen LogP contribution in [0.3, 0.4) is 0 Å². The highest BCUT2D eigenvalue weighted by Crippen LogP contribution is 2.43. The van der Waals surface area contributed by atoms with Crippen LogP contribution >= 0.6 is 0 Å². The maximum absolute atomic E-state index is 12.4. The molecule has 0 saturated carbocycles. The molecule has 0 spiro atoms. The number of imidazole rings is 1. The second-order valence-electron chi connectivity index (χ2n) is 8.01. The van der Waals surface area contributed by atoms with Crippen molar-refractivity contribution in [2.75, 3.05) is 23.8 Å². The average molecular weight is 408 g/mol. The Kier molecular flexibility index (Phi) is 3.97. The van der Waals surface area contributed by atoms with Gasteiger partial charge < -0.3 is 29.8 Å². The number of rotatable bonds is 6. The monoisotopic (exact) mass is 408 g/mol. The topological polar surface area (TPSA) is 129 Å². The Hall–Kier alpha value is -3.59. The third-order valence-electron chi connectivity index (χ3n) is 5.62. The first-order valence-corrected chi connectivity index (χ1v) is 9.58. The zero-order valence-corrected chi connectivity index (χ0v) is 16.4. The lowest BCUT2D eigenvalue weighted by atomic mass is 9.79. The third-order valence-corrected chi connectivity index (χ3v) is 5.62. The van der Waals surface area contributed by atoms with E-state index in [1.807, 2.05) is 26.0 Å². The molecule has 0 amide bonds. The van der Waals surface area contributed by atoms with Crippen LogP contribution in [0.4, 0.5) is 17.1 Å². The van der Waals surface area contributed by atoms with E-state index < -0.39 is 10.9 Å². The van der Waals surface area contributed by atoms with Crippen LogP contribution in [0.1, 0.15) is 24.5 Å². The van der Waals surface area contributed by atoms with Crippen molar-refractivity contribution in [2.45, 2.75) is 19.9 Å². The summed E-state index contributed by atoms with van der Waals surface area (Å²) >= 11 is 0. The number of furan rings is 1. The molecular formula is C21H20N4O5. The van der Waals surface area contributed by atoms with E-state index >= 15 is 0 Å². The zero-order chi connectivity index (χ0) is 21.0. The van der Waals surface area contributed by atoms with Gasteiger partial charge in [-0.25, -0.2) is 4.79 Å². The van der Waals surface area contributed by atoms with Gasteiger partial charge in [0.15, 0.2) is 0 Å². The van der Waals surface area contributed by atoms with Crippen molar-refractivity contribution in [1.29, 1.82) is 0 Å². The number of para-hydroxylation sites is 1. The van der Waals surface area contributed by atoms with Crippen LogP contribution in [0.5, 0.6) is 0 Å². The molecule has 1 aliphatic heterocycles. The average Bonchev–Trinajstić information content (AvgIpc) is 3.30. The van der Waals surface area contributed by atoms with E-state index in [1.54, 1.807) is 18.2 Å². The van der Waals surface area contributed by atoms with Gasteiger partial charge >= 0.3 is 5.69 Å². The molecular weight excluding hydrogens is 388 g/mol. The molecule has 30 heavy (non-hydrogen) atoms. The van der Waals surface area contributed by atoms with Crippen LogP contribution in [-0.4, -0.2) is 23.2 Å². The number of fused-ring (bicyclic) bond motifs is 1. The standard InChI is InChI=1S/C21H20N4O5/c1-10-6-7-13(30-10)19(21(2)8-29-9-21)24-16-15(17(26)18(16)27)22-11-4-3-5-12-14(11)25-20(28)23-12/h3-7,19,22,24H,8-9H2,1-2H3,(H2,23,25,28). The zero-order valence-electron chi connectivity index (χ0n) is 16.4. The molecule has 0 bridgehead atoms. The van der Waals surface area contributed by atoms with Gasteiger partial charge in [0.2, 0.25) is 0 Å². The number of anilines is 3. The summed E-state index contributed by atoms with van der Waals surface area (Å²) in [4.78, 5) is 41.7. The highest BCUT2D eigenvalue weighted by Gasteiger charge is 2.45. The van der Waals surface area contributed by atoms with E-state index in [9.17, 15) is 14.4 Å². The van der Waals surface area contributed by atoms with Crippen LogP contribution in [0.25, 0.3) is 11.0 Å². The Morgan fingerprint density at radius 1 is 1.03 bits per heavy atom. The second kappa shape index (κ2) is 6.46. The number of nitrogens with one attached hydrogen (secondary N) is 4. The van der Waals surface area contributed by atoms with Crippen LogP contribution in [0, 0.1) is 12.3 Å². The van der Waals surface area contributed by atoms with Gasteiger partial charge in [-0.15, -0.1) is 0 Å². The molecule has 9 heteroatoms. The molecule has 5 rings (SSSR count). The first kappa shape index (κ1) is 18.4. The molecule has 1 fully saturated rings. The predicted molar refractivity (Wildman–Crippen MR) is 112 cm³/mol. The van der Waals surface area contributed by atoms with Crippen LogP contribution in [0.2, 0.25) is 0 Å². The summed E-state index contributed by atoms with van der Waals surface area (Å²) in [6.07, 6.45) is 0. The number of aromatic nitrogens is 2. The van der Waals surface area contributed by atoms with Gasteiger partial charge in [0.1, 0.15) is 22.9 Å². The van der Waals surface area contributed by atoms with Crippen LogP contribution in [0.15, 0.2) is 49.1 Å². The van der Waals surface area contributed by atoms with Crippen molar-refractivity contribution in [3.63, 3.8) is 0 Å². The second-order valence-corrected chi connectivity index (χ2v) is 8.01. The van der Waals surface area contributed by atoms with Crippen molar-refractivity contribution in [3.8, 4) is 0 Å². The summed E-state index contributed by atoms with van der Waals surface area (Å²) in [5, 5.41) is 6.23. The molecule has 3 heterocycles. The van der Waals surface area contributed by atoms with Crippen molar-refractivity contribution < 1.29 is 9.15 Å². The SMILES string of the molecule is Cc1ccc(C(Nc2c(Nc3cccc4[nH]c(=O)[nH]c34)c(=O)c2=O)C2(C)COC2)o1. The summed E-state index contributed by atoms with van der Waals surface area (Å²) in [6.45, 7) is 4.90. The first-order chi connectivity index (χ1) is 14.4. The molecule has 154 valence electrons. The molecule has 1 atom stereocenters. The Bertz CT molecular complexity index is 1380. The molecule has 1 aliphatic rings. The van der Waals surface area contributed by atoms with Gasteiger partial charge in [-0.1, -0.05) is 13.0 Å². The highest BCUT2D eigenvalue weighted by molar-refractivity contribution is 5.92.